The van der Waals surface area contributed by atoms with Crippen molar-refractivity contribution < 1.29 is 33.3 Å². The van der Waals surface area contributed by atoms with Crippen LogP contribution in [0.2, 0.25) is 0 Å². The van der Waals surface area contributed by atoms with E-state index >= 15 is 0 Å². The minimum Gasteiger partial charge on any atom is -0.444 e. The number of ether oxygens (including phenoxy) is 5. The van der Waals surface area contributed by atoms with E-state index in [-0.39, 0.29) is 5.91 Å². The van der Waals surface area contributed by atoms with Gasteiger partial charge in [-0.15, -0.1) is 0 Å². The molecule has 2 N–H and O–H groups in total. The summed E-state index contributed by atoms with van der Waals surface area (Å²) in [7, 11) is 2.17. The Kier molecular flexibility index (Phi) is 16.7. The Bertz CT molecular complexity index is 850. The number of alkyl carbamates (subject to hydrolysis) is 1. The molecule has 1 aromatic heterocycles. The summed E-state index contributed by atoms with van der Waals surface area (Å²) in [5, 5.41) is 5.59. The highest BCUT2D eigenvalue weighted by molar-refractivity contribution is 5.75. The molecule has 2 amide bonds. The molecular formula is C29H50N4O7. The number of nitrogens with zero attached hydrogens (tertiary/aromatic N) is 2. The molecule has 1 aromatic rings. The SMILES string of the molecule is CN1CCCC1c1cncc(CCCNC(=O)CCOCCOCCOCCOCCNC(=O)OC(C)(C)C)c1. The van der Waals surface area contributed by atoms with Crippen molar-refractivity contribution in [1.29, 1.82) is 0 Å². The Hall–Kier alpha value is -2.31. The van der Waals surface area contributed by atoms with Gasteiger partial charge < -0.3 is 34.3 Å². The zero-order chi connectivity index (χ0) is 29.1. The third-order valence-corrected chi connectivity index (χ3v) is 6.19. The molecule has 2 heterocycles. The summed E-state index contributed by atoms with van der Waals surface area (Å²) in [6, 6.07) is 2.74. The number of hydrogen-bond donors (Lipinski definition) is 2. The van der Waals surface area contributed by atoms with Gasteiger partial charge in [-0.25, -0.2) is 4.79 Å². The fourth-order valence-corrected chi connectivity index (χ4v) is 4.23. The summed E-state index contributed by atoms with van der Waals surface area (Å²) in [5.41, 5.74) is 2.00. The summed E-state index contributed by atoms with van der Waals surface area (Å²) < 4.78 is 26.9. The maximum Gasteiger partial charge on any atom is 0.407 e. The van der Waals surface area contributed by atoms with Crippen molar-refractivity contribution >= 4 is 12.0 Å². The van der Waals surface area contributed by atoms with Gasteiger partial charge in [-0.05, 0) is 71.2 Å². The van der Waals surface area contributed by atoms with Crippen molar-refractivity contribution in [3.05, 3.63) is 29.6 Å². The van der Waals surface area contributed by atoms with Crippen LogP contribution in [0.5, 0.6) is 0 Å². The molecule has 2 rings (SSSR count). The molecule has 1 aliphatic heterocycles. The van der Waals surface area contributed by atoms with E-state index in [9.17, 15) is 9.59 Å². The first-order valence-electron chi connectivity index (χ1n) is 14.4. The monoisotopic (exact) mass is 566 g/mol. The third kappa shape index (κ3) is 16.1. The maximum atomic E-state index is 12.0. The lowest BCUT2D eigenvalue weighted by Crippen LogP contribution is -2.34. The molecule has 1 atom stereocenters. The van der Waals surface area contributed by atoms with Crippen LogP contribution in [0.4, 0.5) is 4.79 Å². The van der Waals surface area contributed by atoms with Crippen molar-refractivity contribution in [3.63, 3.8) is 0 Å². The number of carbonyl (C=O) groups excluding carboxylic acids is 2. The topological polar surface area (TPSA) is 120 Å². The van der Waals surface area contributed by atoms with Gasteiger partial charge in [0, 0.05) is 37.9 Å². The molecule has 228 valence electrons. The second kappa shape index (κ2) is 19.7. The second-order valence-corrected chi connectivity index (χ2v) is 10.8. The fourth-order valence-electron chi connectivity index (χ4n) is 4.23. The smallest absolute Gasteiger partial charge is 0.407 e. The zero-order valence-corrected chi connectivity index (χ0v) is 24.9. The molecule has 1 saturated heterocycles. The Morgan fingerprint density at radius 3 is 2.20 bits per heavy atom. The third-order valence-electron chi connectivity index (χ3n) is 6.19. The Labute approximate surface area is 239 Å². The molecule has 1 unspecified atom stereocenters. The van der Waals surface area contributed by atoms with E-state index in [2.05, 4.69) is 33.6 Å². The van der Waals surface area contributed by atoms with Gasteiger partial charge in [-0.3, -0.25) is 14.7 Å². The van der Waals surface area contributed by atoms with Crippen LogP contribution in [0, 0.1) is 0 Å². The van der Waals surface area contributed by atoms with Gasteiger partial charge in [-0.1, -0.05) is 6.07 Å². The van der Waals surface area contributed by atoms with Crippen molar-refractivity contribution in [3.8, 4) is 0 Å². The number of aromatic nitrogens is 1. The maximum absolute atomic E-state index is 12.0. The van der Waals surface area contributed by atoms with Gasteiger partial charge in [0.25, 0.3) is 0 Å². The number of rotatable bonds is 20. The van der Waals surface area contributed by atoms with E-state index in [0.29, 0.717) is 78.4 Å². The quantitative estimate of drug-likeness (QED) is 0.230. The largest absolute Gasteiger partial charge is 0.444 e. The van der Waals surface area contributed by atoms with Gasteiger partial charge in [-0.2, -0.15) is 0 Å². The minimum atomic E-state index is -0.512. The standard InChI is InChI=1S/C29H50N4O7/c1-29(2,3)40-28(35)32-11-14-37-16-18-39-20-19-38-17-15-36-13-9-27(34)31-10-5-7-24-21-25(23-30-22-24)26-8-6-12-33(26)4/h21-23,26H,5-20H2,1-4H3,(H,31,34)(H,32,35). The van der Waals surface area contributed by atoms with Crippen molar-refractivity contribution in [2.45, 2.75) is 64.5 Å². The highest BCUT2D eigenvalue weighted by atomic mass is 16.6. The summed E-state index contributed by atoms with van der Waals surface area (Å²) in [5.74, 6) is -0.00313. The second-order valence-electron chi connectivity index (χ2n) is 10.8. The van der Waals surface area contributed by atoms with E-state index in [1.54, 1.807) is 0 Å². The normalized spacial score (nSPS) is 15.8. The molecule has 0 saturated carbocycles. The van der Waals surface area contributed by atoms with E-state index in [0.717, 1.165) is 19.4 Å². The predicted molar refractivity (Wildman–Crippen MR) is 152 cm³/mol. The van der Waals surface area contributed by atoms with Crippen LogP contribution in [-0.4, -0.2) is 107 Å². The van der Waals surface area contributed by atoms with E-state index < -0.39 is 11.7 Å². The number of likely N-dealkylation sites (tertiary alicyclic amines) is 1. The number of aryl methyl sites for hydroxylation is 1. The summed E-state index contributed by atoms with van der Waals surface area (Å²) in [6.45, 7) is 11.0. The van der Waals surface area contributed by atoms with Crippen LogP contribution in [-0.2, 0) is 34.9 Å². The number of nitrogens with one attached hydrogen (secondary N) is 2. The molecule has 0 radical (unpaired) electrons. The first-order valence-corrected chi connectivity index (χ1v) is 14.4. The number of pyridine rings is 1. The minimum absolute atomic E-state index is 0.00313. The Balaban J connectivity index is 1.33. The Morgan fingerprint density at radius 1 is 0.925 bits per heavy atom. The molecule has 11 nitrogen and oxygen atoms in total. The van der Waals surface area contributed by atoms with Crippen molar-refractivity contribution in [2.75, 3.05) is 79.5 Å². The Morgan fingerprint density at radius 2 is 1.57 bits per heavy atom. The highest BCUT2D eigenvalue weighted by Crippen LogP contribution is 2.30. The summed E-state index contributed by atoms with van der Waals surface area (Å²) in [4.78, 5) is 30.3. The van der Waals surface area contributed by atoms with Crippen LogP contribution >= 0.6 is 0 Å². The number of carbonyl (C=O) groups is 2. The van der Waals surface area contributed by atoms with Crippen LogP contribution < -0.4 is 10.6 Å². The molecule has 0 bridgehead atoms. The number of amides is 2. The highest BCUT2D eigenvalue weighted by Gasteiger charge is 2.22. The average molecular weight is 567 g/mol. The summed E-state index contributed by atoms with van der Waals surface area (Å²) >= 11 is 0. The van der Waals surface area contributed by atoms with Crippen LogP contribution in [0.15, 0.2) is 18.5 Å². The van der Waals surface area contributed by atoms with Crippen LogP contribution in [0.1, 0.15) is 63.6 Å². The molecule has 0 spiro atoms. The van der Waals surface area contributed by atoms with E-state index in [4.69, 9.17) is 23.7 Å². The van der Waals surface area contributed by atoms with Gasteiger partial charge in [0.15, 0.2) is 0 Å². The average Bonchev–Trinajstić information content (AvgIpc) is 3.34. The molecule has 0 aromatic carbocycles. The van der Waals surface area contributed by atoms with E-state index in [1.165, 1.54) is 24.0 Å². The fraction of sp³-hybridized carbons (Fsp3) is 0.759. The van der Waals surface area contributed by atoms with Gasteiger partial charge in [0.1, 0.15) is 5.60 Å². The molecule has 1 fully saturated rings. The lowest BCUT2D eigenvalue weighted by Gasteiger charge is -2.19. The van der Waals surface area contributed by atoms with Crippen molar-refractivity contribution in [2.24, 2.45) is 0 Å². The molecule has 0 aliphatic carbocycles. The molecular weight excluding hydrogens is 516 g/mol. The molecule has 40 heavy (non-hydrogen) atoms. The van der Waals surface area contributed by atoms with Crippen LogP contribution in [0.3, 0.4) is 0 Å². The first kappa shape index (κ1) is 33.9. The van der Waals surface area contributed by atoms with Crippen molar-refractivity contribution in [1.82, 2.24) is 20.5 Å². The van der Waals surface area contributed by atoms with Gasteiger partial charge in [0.05, 0.1) is 52.9 Å². The summed E-state index contributed by atoms with van der Waals surface area (Å²) in [6.07, 6.45) is 7.99. The molecule has 1 aliphatic rings. The lowest BCUT2D eigenvalue weighted by atomic mass is 10.0. The first-order chi connectivity index (χ1) is 19.2. The predicted octanol–water partition coefficient (Wildman–Crippen LogP) is 2.88. The zero-order valence-electron chi connectivity index (χ0n) is 24.9. The molecule has 11 heteroatoms. The van der Waals surface area contributed by atoms with Gasteiger partial charge in [0.2, 0.25) is 5.91 Å². The van der Waals surface area contributed by atoms with E-state index in [1.807, 2.05) is 33.2 Å². The van der Waals surface area contributed by atoms with Crippen LogP contribution in [0.25, 0.3) is 0 Å². The van der Waals surface area contributed by atoms with Gasteiger partial charge >= 0.3 is 6.09 Å². The number of hydrogen-bond acceptors (Lipinski definition) is 9. The lowest BCUT2D eigenvalue weighted by molar-refractivity contribution is -0.122.